The van der Waals surface area contributed by atoms with Gasteiger partial charge < -0.3 is 10.6 Å². The first-order chi connectivity index (χ1) is 8.00. The highest BCUT2D eigenvalue weighted by Gasteiger charge is 2.28. The zero-order valence-electron chi connectivity index (χ0n) is 10.2. The van der Waals surface area contributed by atoms with E-state index < -0.39 is 0 Å². The predicted molar refractivity (Wildman–Crippen MR) is 73.2 cm³/mol. The minimum Gasteiger partial charge on any atom is -0.320 e. The summed E-state index contributed by atoms with van der Waals surface area (Å²) in [7, 11) is 0. The smallest absolute Gasteiger partial charge is 0.243 e. The molecule has 17 heavy (non-hydrogen) atoms. The Morgan fingerprint density at radius 2 is 1.94 bits per heavy atom. The molecule has 1 fully saturated rings. The van der Waals surface area contributed by atoms with Crippen molar-refractivity contribution >= 4 is 27.5 Å². The summed E-state index contributed by atoms with van der Waals surface area (Å²) in [6.07, 6.45) is 1.77. The molecule has 0 unspecified atom stereocenters. The molecule has 0 bridgehead atoms. The van der Waals surface area contributed by atoms with Crippen LogP contribution in [0, 0.1) is 13.8 Å². The molecule has 92 valence electrons. The number of anilines is 1. The lowest BCUT2D eigenvalue weighted by Crippen LogP contribution is -2.49. The fourth-order valence-corrected chi connectivity index (χ4v) is 3.14. The Hall–Kier alpha value is -0.870. The van der Waals surface area contributed by atoms with Crippen LogP contribution in [0.4, 0.5) is 5.69 Å². The molecule has 2 N–H and O–H groups in total. The molecule has 0 spiro atoms. The predicted octanol–water partition coefficient (Wildman–Crippen LogP) is 2.52. The van der Waals surface area contributed by atoms with Crippen LogP contribution in [-0.2, 0) is 4.79 Å². The van der Waals surface area contributed by atoms with Gasteiger partial charge in [-0.2, -0.15) is 0 Å². The summed E-state index contributed by atoms with van der Waals surface area (Å²) in [6, 6.07) is 3.73. The van der Waals surface area contributed by atoms with Crippen molar-refractivity contribution in [1.29, 1.82) is 0 Å². The average molecular weight is 297 g/mol. The molecule has 1 atom stereocenters. The van der Waals surface area contributed by atoms with E-state index in [1.54, 1.807) is 0 Å². The lowest BCUT2D eigenvalue weighted by molar-refractivity contribution is -0.120. The topological polar surface area (TPSA) is 46.3 Å². The number of rotatable bonds is 1. The summed E-state index contributed by atoms with van der Waals surface area (Å²) in [6.45, 7) is 4.83. The van der Waals surface area contributed by atoms with E-state index in [2.05, 4.69) is 15.9 Å². The van der Waals surface area contributed by atoms with Crippen molar-refractivity contribution in [3.05, 3.63) is 27.7 Å². The monoisotopic (exact) mass is 296 g/mol. The van der Waals surface area contributed by atoms with Crippen molar-refractivity contribution < 1.29 is 4.79 Å². The maximum absolute atomic E-state index is 12.1. The Balaban J connectivity index is 2.43. The number of carbonyl (C=O) groups excluding carboxylic acids is 1. The molecule has 1 saturated heterocycles. The van der Waals surface area contributed by atoms with Gasteiger partial charge in [-0.15, -0.1) is 0 Å². The number of amides is 1. The molecule has 1 amide bonds. The van der Waals surface area contributed by atoms with Crippen LogP contribution in [0.5, 0.6) is 0 Å². The highest BCUT2D eigenvalue weighted by molar-refractivity contribution is 9.10. The summed E-state index contributed by atoms with van der Waals surface area (Å²) in [5, 5.41) is 0. The van der Waals surface area contributed by atoms with Crippen molar-refractivity contribution in [2.24, 2.45) is 5.73 Å². The zero-order chi connectivity index (χ0) is 12.6. The van der Waals surface area contributed by atoms with Gasteiger partial charge in [0.2, 0.25) is 5.91 Å². The number of halogens is 1. The molecule has 0 saturated carbocycles. The van der Waals surface area contributed by atoms with E-state index in [1.807, 2.05) is 30.9 Å². The SMILES string of the molecule is Cc1cc(Br)cc(C)c1N1CCC[C@H](N)C1=O. The maximum Gasteiger partial charge on any atom is 0.243 e. The molecule has 4 heteroatoms. The summed E-state index contributed by atoms with van der Waals surface area (Å²) >= 11 is 3.47. The van der Waals surface area contributed by atoms with Gasteiger partial charge in [0.15, 0.2) is 0 Å². The molecule has 1 aliphatic rings. The Morgan fingerprint density at radius 3 is 2.53 bits per heavy atom. The zero-order valence-corrected chi connectivity index (χ0v) is 11.8. The summed E-state index contributed by atoms with van der Waals surface area (Å²) in [4.78, 5) is 13.9. The third-order valence-corrected chi connectivity index (χ3v) is 3.66. The number of nitrogens with two attached hydrogens (primary N) is 1. The highest BCUT2D eigenvalue weighted by atomic mass is 79.9. The molecule has 0 radical (unpaired) electrons. The molecule has 2 rings (SSSR count). The first-order valence-corrected chi connectivity index (χ1v) is 6.63. The number of aryl methyl sites for hydroxylation is 2. The molecular weight excluding hydrogens is 280 g/mol. The molecular formula is C13H17BrN2O. The number of hydrogen-bond acceptors (Lipinski definition) is 2. The van der Waals surface area contributed by atoms with Gasteiger partial charge in [0.1, 0.15) is 0 Å². The minimum absolute atomic E-state index is 0.0461. The summed E-state index contributed by atoms with van der Waals surface area (Å²) < 4.78 is 1.05. The largest absolute Gasteiger partial charge is 0.320 e. The van der Waals surface area contributed by atoms with Gasteiger partial charge >= 0.3 is 0 Å². The number of nitrogens with zero attached hydrogens (tertiary/aromatic N) is 1. The van der Waals surface area contributed by atoms with Gasteiger partial charge in [-0.3, -0.25) is 4.79 Å². The molecule has 1 aliphatic heterocycles. The van der Waals surface area contributed by atoms with Crippen LogP contribution < -0.4 is 10.6 Å². The van der Waals surface area contributed by atoms with E-state index in [9.17, 15) is 4.79 Å². The van der Waals surface area contributed by atoms with Crippen molar-refractivity contribution in [2.75, 3.05) is 11.4 Å². The van der Waals surface area contributed by atoms with Gasteiger partial charge in [0, 0.05) is 16.7 Å². The Bertz CT molecular complexity index is 436. The normalized spacial score (nSPS) is 20.8. The highest BCUT2D eigenvalue weighted by Crippen LogP contribution is 2.30. The molecule has 0 aliphatic carbocycles. The van der Waals surface area contributed by atoms with Crippen LogP contribution >= 0.6 is 15.9 Å². The van der Waals surface area contributed by atoms with Crippen molar-refractivity contribution in [2.45, 2.75) is 32.7 Å². The van der Waals surface area contributed by atoms with E-state index in [0.29, 0.717) is 0 Å². The first-order valence-electron chi connectivity index (χ1n) is 5.84. The van der Waals surface area contributed by atoms with Gasteiger partial charge in [0.05, 0.1) is 6.04 Å². The second-order valence-corrected chi connectivity index (χ2v) is 5.54. The number of piperidine rings is 1. The maximum atomic E-state index is 12.1. The quantitative estimate of drug-likeness (QED) is 0.866. The van der Waals surface area contributed by atoms with Crippen LogP contribution in [0.3, 0.4) is 0 Å². The first kappa shape index (κ1) is 12.6. The van der Waals surface area contributed by atoms with Crippen LogP contribution in [0.1, 0.15) is 24.0 Å². The second kappa shape index (κ2) is 4.78. The lowest BCUT2D eigenvalue weighted by Gasteiger charge is -2.32. The standard InChI is InChI=1S/C13H17BrN2O/c1-8-6-10(14)7-9(2)12(8)16-5-3-4-11(15)13(16)17/h6-7,11H,3-5,15H2,1-2H3/t11-/m0/s1. The number of hydrogen-bond donors (Lipinski definition) is 1. The Labute approximate surface area is 110 Å². The molecule has 0 aromatic heterocycles. The molecule has 1 aromatic rings. The Kier molecular flexibility index (Phi) is 3.54. The fraction of sp³-hybridized carbons (Fsp3) is 0.462. The lowest BCUT2D eigenvalue weighted by atomic mass is 10.0. The van der Waals surface area contributed by atoms with Crippen LogP contribution in [0.25, 0.3) is 0 Å². The van der Waals surface area contributed by atoms with Gasteiger partial charge in [-0.25, -0.2) is 0 Å². The summed E-state index contributed by atoms with van der Waals surface area (Å²) in [5.41, 5.74) is 9.08. The third-order valence-electron chi connectivity index (χ3n) is 3.21. The van der Waals surface area contributed by atoms with E-state index >= 15 is 0 Å². The second-order valence-electron chi connectivity index (χ2n) is 4.63. The number of carbonyl (C=O) groups is 1. The van der Waals surface area contributed by atoms with Crippen molar-refractivity contribution in [3.63, 3.8) is 0 Å². The minimum atomic E-state index is -0.341. The van der Waals surface area contributed by atoms with Crippen molar-refractivity contribution in [1.82, 2.24) is 0 Å². The number of benzene rings is 1. The molecule has 1 heterocycles. The Morgan fingerprint density at radius 1 is 1.35 bits per heavy atom. The summed E-state index contributed by atoms with van der Waals surface area (Å²) in [5.74, 6) is 0.0461. The fourth-order valence-electron chi connectivity index (χ4n) is 2.45. The van der Waals surface area contributed by atoms with Gasteiger partial charge in [0.25, 0.3) is 0 Å². The van der Waals surface area contributed by atoms with Gasteiger partial charge in [-0.1, -0.05) is 15.9 Å². The third kappa shape index (κ3) is 2.38. The van der Waals surface area contributed by atoms with Crippen LogP contribution in [0.2, 0.25) is 0 Å². The average Bonchev–Trinajstić information content (AvgIpc) is 2.23. The van der Waals surface area contributed by atoms with Crippen LogP contribution in [-0.4, -0.2) is 18.5 Å². The van der Waals surface area contributed by atoms with Crippen molar-refractivity contribution in [3.8, 4) is 0 Å². The van der Waals surface area contributed by atoms with E-state index in [4.69, 9.17) is 5.73 Å². The van der Waals surface area contributed by atoms with E-state index in [-0.39, 0.29) is 11.9 Å². The van der Waals surface area contributed by atoms with Crippen LogP contribution in [0.15, 0.2) is 16.6 Å². The molecule has 3 nitrogen and oxygen atoms in total. The van der Waals surface area contributed by atoms with E-state index in [0.717, 1.165) is 40.7 Å². The van der Waals surface area contributed by atoms with E-state index in [1.165, 1.54) is 0 Å². The van der Waals surface area contributed by atoms with Gasteiger partial charge in [-0.05, 0) is 49.9 Å². The molecule has 1 aromatic carbocycles.